The van der Waals surface area contributed by atoms with Gasteiger partial charge in [0.2, 0.25) is 0 Å². The van der Waals surface area contributed by atoms with Crippen LogP contribution in [0.1, 0.15) is 6.92 Å². The Bertz CT molecular complexity index is 247. The number of nitrogens with zero attached hydrogens (tertiary/aromatic N) is 2. The van der Waals surface area contributed by atoms with Gasteiger partial charge < -0.3 is 5.11 Å². The third-order valence-corrected chi connectivity index (χ3v) is 1.65. The SMILES string of the molecule is CC1C(/C=C/C(=O)O)=NON1C. The Labute approximate surface area is 69.9 Å². The van der Waals surface area contributed by atoms with Gasteiger partial charge in [-0.1, -0.05) is 5.16 Å². The molecule has 0 aromatic carbocycles. The average molecular weight is 170 g/mol. The summed E-state index contributed by atoms with van der Waals surface area (Å²) < 4.78 is 0. The number of aliphatic carboxylic acids is 1. The predicted octanol–water partition coefficient (Wildman–Crippen LogP) is 0.249. The van der Waals surface area contributed by atoms with Gasteiger partial charge in [-0.2, -0.15) is 0 Å². The molecule has 0 bridgehead atoms. The molecule has 5 heteroatoms. The smallest absolute Gasteiger partial charge is 0.328 e. The third kappa shape index (κ3) is 1.82. The summed E-state index contributed by atoms with van der Waals surface area (Å²) in [4.78, 5) is 14.9. The molecule has 0 aliphatic carbocycles. The summed E-state index contributed by atoms with van der Waals surface area (Å²) in [5.41, 5.74) is 0.611. The van der Waals surface area contributed by atoms with Gasteiger partial charge in [0.25, 0.3) is 0 Å². The lowest BCUT2D eigenvalue weighted by Crippen LogP contribution is -2.27. The summed E-state index contributed by atoms with van der Waals surface area (Å²) in [6.07, 6.45) is 2.47. The van der Waals surface area contributed by atoms with Crippen molar-refractivity contribution in [1.82, 2.24) is 5.06 Å². The van der Waals surface area contributed by atoms with E-state index in [0.29, 0.717) is 5.71 Å². The van der Waals surface area contributed by atoms with Crippen LogP contribution in [0.2, 0.25) is 0 Å². The predicted molar refractivity (Wildman–Crippen MR) is 42.5 cm³/mol. The standard InChI is InChI=1S/C7H10N2O3/c1-5-6(3-4-7(10)11)8-12-9(5)2/h3-5H,1-2H3,(H,10,11)/b4-3+. The second-order valence-electron chi connectivity index (χ2n) is 2.49. The van der Waals surface area contributed by atoms with E-state index in [4.69, 9.17) is 10.0 Å². The summed E-state index contributed by atoms with van der Waals surface area (Å²) in [7, 11) is 1.73. The maximum atomic E-state index is 10.1. The Morgan fingerprint density at radius 2 is 2.50 bits per heavy atom. The van der Waals surface area contributed by atoms with Crippen molar-refractivity contribution < 1.29 is 14.8 Å². The van der Waals surface area contributed by atoms with Gasteiger partial charge in [0.05, 0.1) is 6.04 Å². The first-order valence-electron chi connectivity index (χ1n) is 3.50. The number of carboxylic acid groups (broad SMARTS) is 1. The molecule has 0 aromatic heterocycles. The minimum Gasteiger partial charge on any atom is -0.478 e. The molecule has 1 heterocycles. The minimum absolute atomic E-state index is 0.000556. The van der Waals surface area contributed by atoms with Gasteiger partial charge in [-0.25, -0.2) is 4.79 Å². The van der Waals surface area contributed by atoms with Gasteiger partial charge >= 0.3 is 5.97 Å². The van der Waals surface area contributed by atoms with Crippen molar-refractivity contribution in [2.24, 2.45) is 5.16 Å². The van der Waals surface area contributed by atoms with E-state index >= 15 is 0 Å². The van der Waals surface area contributed by atoms with Crippen molar-refractivity contribution in [2.45, 2.75) is 13.0 Å². The number of hydroxylamine groups is 2. The third-order valence-electron chi connectivity index (χ3n) is 1.65. The quantitative estimate of drug-likeness (QED) is 0.603. The van der Waals surface area contributed by atoms with Gasteiger partial charge in [0.15, 0.2) is 0 Å². The molecule has 0 amide bonds. The number of rotatable bonds is 2. The molecule has 66 valence electrons. The number of hydrogen-bond acceptors (Lipinski definition) is 4. The molecule has 1 atom stereocenters. The summed E-state index contributed by atoms with van der Waals surface area (Å²) in [5.74, 6) is -0.987. The van der Waals surface area contributed by atoms with Crippen LogP contribution in [-0.4, -0.2) is 34.9 Å². The molecule has 1 N–H and O–H groups in total. The molecule has 1 aliphatic heterocycles. The zero-order valence-electron chi connectivity index (χ0n) is 6.89. The van der Waals surface area contributed by atoms with E-state index in [-0.39, 0.29) is 6.04 Å². The molecule has 0 aromatic rings. The molecule has 0 fully saturated rings. The van der Waals surface area contributed by atoms with Gasteiger partial charge in [-0.05, 0) is 13.0 Å². The Hall–Kier alpha value is -1.36. The first-order valence-corrected chi connectivity index (χ1v) is 3.50. The summed E-state index contributed by atoms with van der Waals surface area (Å²) in [5, 5.41) is 13.5. The van der Waals surface area contributed by atoms with Gasteiger partial charge in [-0.15, -0.1) is 5.06 Å². The Kier molecular flexibility index (Phi) is 2.44. The minimum atomic E-state index is -0.987. The molecule has 1 aliphatic rings. The van der Waals surface area contributed by atoms with E-state index in [1.807, 2.05) is 6.92 Å². The normalized spacial score (nSPS) is 24.2. The molecule has 0 saturated heterocycles. The van der Waals surface area contributed by atoms with Crippen LogP contribution in [0.5, 0.6) is 0 Å². The van der Waals surface area contributed by atoms with Crippen molar-refractivity contribution >= 4 is 11.7 Å². The zero-order valence-corrected chi connectivity index (χ0v) is 6.89. The van der Waals surface area contributed by atoms with E-state index in [9.17, 15) is 4.79 Å². The molecule has 1 rings (SSSR count). The van der Waals surface area contributed by atoms with E-state index < -0.39 is 5.97 Å². The van der Waals surface area contributed by atoms with Gasteiger partial charge in [0.1, 0.15) is 5.71 Å². The van der Waals surface area contributed by atoms with Crippen LogP contribution in [0.15, 0.2) is 17.3 Å². The highest BCUT2D eigenvalue weighted by Gasteiger charge is 2.22. The van der Waals surface area contributed by atoms with E-state index in [2.05, 4.69) is 5.16 Å². The lowest BCUT2D eigenvalue weighted by atomic mass is 10.2. The summed E-state index contributed by atoms with van der Waals surface area (Å²) in [6, 6.07) is 0.000556. The van der Waals surface area contributed by atoms with Crippen molar-refractivity contribution in [1.29, 1.82) is 0 Å². The van der Waals surface area contributed by atoms with Crippen molar-refractivity contribution in [3.63, 3.8) is 0 Å². The van der Waals surface area contributed by atoms with Crippen molar-refractivity contribution in [2.75, 3.05) is 7.05 Å². The molecular weight excluding hydrogens is 160 g/mol. The first kappa shape index (κ1) is 8.73. The molecular formula is C7H10N2O3. The van der Waals surface area contributed by atoms with Crippen molar-refractivity contribution in [3.8, 4) is 0 Å². The highest BCUT2D eigenvalue weighted by molar-refractivity contribution is 6.02. The molecule has 0 radical (unpaired) electrons. The van der Waals surface area contributed by atoms with E-state index in [0.717, 1.165) is 6.08 Å². The zero-order chi connectivity index (χ0) is 9.14. The molecule has 0 spiro atoms. The van der Waals surface area contributed by atoms with E-state index in [1.165, 1.54) is 6.08 Å². The fourth-order valence-electron chi connectivity index (χ4n) is 0.771. The lowest BCUT2D eigenvalue weighted by molar-refractivity contribution is -0.131. The van der Waals surface area contributed by atoms with Gasteiger partial charge in [0, 0.05) is 13.1 Å². The van der Waals surface area contributed by atoms with Crippen LogP contribution < -0.4 is 0 Å². The largest absolute Gasteiger partial charge is 0.478 e. The first-order chi connectivity index (χ1) is 5.61. The fourth-order valence-corrected chi connectivity index (χ4v) is 0.771. The maximum absolute atomic E-state index is 10.1. The van der Waals surface area contributed by atoms with Gasteiger partial charge in [-0.3, -0.25) is 4.94 Å². The average Bonchev–Trinajstić information content (AvgIpc) is 2.30. The second kappa shape index (κ2) is 3.36. The highest BCUT2D eigenvalue weighted by Crippen LogP contribution is 2.09. The van der Waals surface area contributed by atoms with Crippen LogP contribution in [0.3, 0.4) is 0 Å². The number of oxime groups is 1. The number of carboxylic acids is 1. The number of hydrogen-bond donors (Lipinski definition) is 1. The monoisotopic (exact) mass is 170 g/mol. The Morgan fingerprint density at radius 1 is 1.83 bits per heavy atom. The topological polar surface area (TPSA) is 62.1 Å². The summed E-state index contributed by atoms with van der Waals surface area (Å²) in [6.45, 7) is 1.87. The van der Waals surface area contributed by atoms with Crippen LogP contribution in [0, 0.1) is 0 Å². The van der Waals surface area contributed by atoms with Crippen LogP contribution in [-0.2, 0) is 9.73 Å². The molecule has 12 heavy (non-hydrogen) atoms. The Balaban J connectivity index is 2.60. The van der Waals surface area contributed by atoms with Crippen LogP contribution >= 0.6 is 0 Å². The molecule has 1 unspecified atom stereocenters. The highest BCUT2D eigenvalue weighted by atomic mass is 16.8. The molecule has 0 saturated carbocycles. The van der Waals surface area contributed by atoms with E-state index in [1.54, 1.807) is 12.1 Å². The second-order valence-corrected chi connectivity index (χ2v) is 2.49. The lowest BCUT2D eigenvalue weighted by Gasteiger charge is -2.09. The van der Waals surface area contributed by atoms with Crippen LogP contribution in [0.4, 0.5) is 0 Å². The van der Waals surface area contributed by atoms with Crippen molar-refractivity contribution in [3.05, 3.63) is 12.2 Å². The number of carbonyl (C=O) groups is 1. The maximum Gasteiger partial charge on any atom is 0.328 e. The summed E-state index contributed by atoms with van der Waals surface area (Å²) >= 11 is 0. The fraction of sp³-hybridized carbons (Fsp3) is 0.429. The van der Waals surface area contributed by atoms with Crippen LogP contribution in [0.25, 0.3) is 0 Å². The molecule has 5 nitrogen and oxygen atoms in total. The Morgan fingerprint density at radius 3 is 2.92 bits per heavy atom.